The predicted molar refractivity (Wildman–Crippen MR) is 110 cm³/mol. The van der Waals surface area contributed by atoms with Crippen LogP contribution in [0.25, 0.3) is 6.08 Å². The highest BCUT2D eigenvalue weighted by Crippen LogP contribution is 2.44. The number of anilines is 1. The van der Waals surface area contributed by atoms with Crippen molar-refractivity contribution < 1.29 is 9.59 Å². The molecule has 0 saturated heterocycles. The number of rotatable bonds is 1. The van der Waals surface area contributed by atoms with Crippen molar-refractivity contribution in [3.05, 3.63) is 69.2 Å². The lowest BCUT2D eigenvalue weighted by molar-refractivity contribution is 0.0990. The predicted octanol–water partition coefficient (Wildman–Crippen LogP) is 5.52. The molecule has 0 unspecified atom stereocenters. The summed E-state index contributed by atoms with van der Waals surface area (Å²) in [6.07, 6.45) is 2.68. The van der Waals surface area contributed by atoms with E-state index in [-0.39, 0.29) is 22.7 Å². The summed E-state index contributed by atoms with van der Waals surface area (Å²) in [6.45, 7) is 6.66. The normalized spacial score (nSPS) is 20.6. The summed E-state index contributed by atoms with van der Waals surface area (Å²) >= 11 is 6.56. The molecule has 0 amide bonds. The third-order valence-electron chi connectivity index (χ3n) is 5.96. The fourth-order valence-electron chi connectivity index (χ4n) is 4.27. The minimum absolute atomic E-state index is 0.0504. The Kier molecular flexibility index (Phi) is 4.04. The molecule has 0 saturated carbocycles. The molecule has 2 aliphatic rings. The molecule has 0 radical (unpaired) electrons. The zero-order chi connectivity index (χ0) is 19.5. The first-order chi connectivity index (χ1) is 12.7. The van der Waals surface area contributed by atoms with Gasteiger partial charge in [0.1, 0.15) is 0 Å². The van der Waals surface area contributed by atoms with Crippen LogP contribution in [0.3, 0.4) is 0 Å². The van der Waals surface area contributed by atoms with Crippen LogP contribution >= 0.6 is 11.6 Å². The molecule has 1 aliphatic heterocycles. The summed E-state index contributed by atoms with van der Waals surface area (Å²) in [6, 6.07) is 10.9. The van der Waals surface area contributed by atoms with Crippen LogP contribution in [0.15, 0.2) is 42.0 Å². The second-order valence-corrected chi connectivity index (χ2v) is 8.58. The van der Waals surface area contributed by atoms with Crippen molar-refractivity contribution in [2.24, 2.45) is 0 Å². The van der Waals surface area contributed by atoms with Gasteiger partial charge in [-0.3, -0.25) is 9.59 Å². The number of carbonyl (C=O) groups is 2. The first-order valence-corrected chi connectivity index (χ1v) is 9.56. The van der Waals surface area contributed by atoms with Crippen molar-refractivity contribution in [2.45, 2.75) is 38.6 Å². The van der Waals surface area contributed by atoms with Crippen molar-refractivity contribution >= 4 is 34.9 Å². The molecule has 2 aromatic rings. The molecule has 2 aromatic carbocycles. The van der Waals surface area contributed by atoms with Gasteiger partial charge in [0.15, 0.2) is 11.6 Å². The van der Waals surface area contributed by atoms with Crippen molar-refractivity contribution in [1.29, 1.82) is 0 Å². The third-order valence-corrected chi connectivity index (χ3v) is 6.28. The Bertz CT molecular complexity index is 982. The molecular weight excluding hydrogens is 358 g/mol. The fraction of sp³-hybridized carbons (Fsp3) is 0.304. The van der Waals surface area contributed by atoms with Gasteiger partial charge in [-0.2, -0.15) is 0 Å². The smallest absolute Gasteiger partial charge is 0.197 e. The average Bonchev–Trinajstić information content (AvgIpc) is 2.86. The van der Waals surface area contributed by atoms with Crippen LogP contribution in [-0.4, -0.2) is 24.2 Å². The standard InChI is InChI=1S/C23H22ClNO2/c1-13-12-23(2,3)25(4)20-11-19(24)14(9-17(13)20)10-18-21(26)15-7-5-6-8-16(15)22(18)27/h5-11,13H,12H2,1-4H3/t13-/m0/s1. The zero-order valence-electron chi connectivity index (χ0n) is 16.0. The van der Waals surface area contributed by atoms with E-state index in [0.29, 0.717) is 22.1 Å². The molecule has 4 heteroatoms. The van der Waals surface area contributed by atoms with Gasteiger partial charge in [-0.25, -0.2) is 0 Å². The summed E-state index contributed by atoms with van der Waals surface area (Å²) in [4.78, 5) is 27.6. The van der Waals surface area contributed by atoms with E-state index in [1.54, 1.807) is 30.3 Å². The maximum atomic E-state index is 12.7. The van der Waals surface area contributed by atoms with Crippen LogP contribution in [0.1, 0.15) is 65.0 Å². The van der Waals surface area contributed by atoms with E-state index in [4.69, 9.17) is 11.6 Å². The molecule has 3 nitrogen and oxygen atoms in total. The molecule has 1 heterocycles. The van der Waals surface area contributed by atoms with Gasteiger partial charge in [0.25, 0.3) is 0 Å². The van der Waals surface area contributed by atoms with Crippen LogP contribution in [0.2, 0.25) is 5.02 Å². The van der Waals surface area contributed by atoms with Crippen LogP contribution in [0, 0.1) is 0 Å². The number of nitrogens with zero attached hydrogens (tertiary/aromatic N) is 1. The molecule has 0 spiro atoms. The zero-order valence-corrected chi connectivity index (χ0v) is 16.7. The van der Waals surface area contributed by atoms with Gasteiger partial charge in [-0.15, -0.1) is 0 Å². The number of carbonyl (C=O) groups excluding carboxylic acids is 2. The van der Waals surface area contributed by atoms with E-state index >= 15 is 0 Å². The number of hydrogen-bond donors (Lipinski definition) is 0. The molecule has 0 aromatic heterocycles. The Hall–Kier alpha value is -2.39. The molecule has 0 fully saturated rings. The number of hydrogen-bond acceptors (Lipinski definition) is 3. The maximum absolute atomic E-state index is 12.7. The largest absolute Gasteiger partial charge is 0.369 e. The first-order valence-electron chi connectivity index (χ1n) is 9.18. The SMILES string of the molecule is C[C@H]1CC(C)(C)N(C)c2cc(Cl)c(C=C3C(=O)c4ccccc4C3=O)cc21. The third kappa shape index (κ3) is 2.72. The highest BCUT2D eigenvalue weighted by molar-refractivity contribution is 6.42. The number of fused-ring (bicyclic) bond motifs is 2. The van der Waals surface area contributed by atoms with E-state index < -0.39 is 0 Å². The summed E-state index contributed by atoms with van der Waals surface area (Å²) in [5.41, 5.74) is 4.21. The Labute approximate surface area is 164 Å². The van der Waals surface area contributed by atoms with Crippen LogP contribution in [0.5, 0.6) is 0 Å². The molecule has 138 valence electrons. The number of Topliss-reactive ketones (excluding diaryl/α,β-unsaturated/α-hetero) is 2. The molecule has 4 rings (SSSR count). The van der Waals surface area contributed by atoms with Gasteiger partial charge in [0.2, 0.25) is 0 Å². The lowest BCUT2D eigenvalue weighted by Crippen LogP contribution is -2.45. The molecular formula is C23H22ClNO2. The van der Waals surface area contributed by atoms with Crippen molar-refractivity contribution in [2.75, 3.05) is 11.9 Å². The second kappa shape index (κ2) is 6.07. The average molecular weight is 380 g/mol. The fourth-order valence-corrected chi connectivity index (χ4v) is 4.49. The van der Waals surface area contributed by atoms with E-state index in [1.807, 2.05) is 12.1 Å². The quantitative estimate of drug-likeness (QED) is 0.483. The lowest BCUT2D eigenvalue weighted by Gasteiger charge is -2.45. The van der Waals surface area contributed by atoms with E-state index in [0.717, 1.165) is 17.7 Å². The molecule has 0 bridgehead atoms. The number of ketones is 2. The minimum atomic E-state index is -0.226. The molecule has 1 aliphatic carbocycles. The van der Waals surface area contributed by atoms with Crippen molar-refractivity contribution in [3.63, 3.8) is 0 Å². The molecule has 27 heavy (non-hydrogen) atoms. The van der Waals surface area contributed by atoms with Gasteiger partial charge in [-0.1, -0.05) is 42.8 Å². The van der Waals surface area contributed by atoms with Gasteiger partial charge in [0, 0.05) is 34.4 Å². The summed E-state index contributed by atoms with van der Waals surface area (Å²) in [7, 11) is 2.08. The van der Waals surface area contributed by atoms with Crippen LogP contribution < -0.4 is 4.90 Å². The highest BCUT2D eigenvalue weighted by Gasteiger charge is 2.35. The van der Waals surface area contributed by atoms with Crippen molar-refractivity contribution in [1.82, 2.24) is 0 Å². The molecule has 1 atom stereocenters. The molecule has 0 N–H and O–H groups in total. The summed E-state index contributed by atoms with van der Waals surface area (Å²) < 4.78 is 0. The lowest BCUT2D eigenvalue weighted by atomic mass is 9.80. The topological polar surface area (TPSA) is 37.4 Å². The van der Waals surface area contributed by atoms with Gasteiger partial charge < -0.3 is 4.90 Å². The van der Waals surface area contributed by atoms with Gasteiger partial charge in [0.05, 0.1) is 5.57 Å². The highest BCUT2D eigenvalue weighted by atomic mass is 35.5. The van der Waals surface area contributed by atoms with Crippen LogP contribution in [0.4, 0.5) is 5.69 Å². The van der Waals surface area contributed by atoms with E-state index in [9.17, 15) is 9.59 Å². The van der Waals surface area contributed by atoms with Gasteiger partial charge in [-0.05, 0) is 55.5 Å². The summed E-state index contributed by atoms with van der Waals surface area (Å²) in [5, 5.41) is 0.551. The monoisotopic (exact) mass is 379 g/mol. The van der Waals surface area contributed by atoms with E-state index in [2.05, 4.69) is 32.7 Å². The number of halogens is 1. The minimum Gasteiger partial charge on any atom is -0.369 e. The van der Waals surface area contributed by atoms with Crippen LogP contribution in [-0.2, 0) is 0 Å². The first kappa shape index (κ1) is 18.0. The Morgan fingerprint density at radius 3 is 2.30 bits per heavy atom. The van der Waals surface area contributed by atoms with E-state index in [1.165, 1.54) is 5.56 Å². The Morgan fingerprint density at radius 1 is 1.11 bits per heavy atom. The Balaban J connectivity index is 1.81. The maximum Gasteiger partial charge on any atom is 0.197 e. The Morgan fingerprint density at radius 2 is 1.70 bits per heavy atom. The van der Waals surface area contributed by atoms with Gasteiger partial charge >= 0.3 is 0 Å². The number of allylic oxidation sites excluding steroid dienone is 1. The second-order valence-electron chi connectivity index (χ2n) is 8.17. The summed E-state index contributed by atoms with van der Waals surface area (Å²) in [5.74, 6) is -0.0841. The van der Waals surface area contributed by atoms with Crippen molar-refractivity contribution in [3.8, 4) is 0 Å². The number of benzene rings is 2.